The summed E-state index contributed by atoms with van der Waals surface area (Å²) in [6, 6.07) is 17.2. The van der Waals surface area contributed by atoms with E-state index in [0.717, 1.165) is 5.69 Å². The van der Waals surface area contributed by atoms with Gasteiger partial charge in [-0.2, -0.15) is 4.31 Å². The summed E-state index contributed by atoms with van der Waals surface area (Å²) in [4.78, 5) is 4.18. The van der Waals surface area contributed by atoms with Crippen molar-refractivity contribution in [3.05, 3.63) is 78.6 Å². The van der Waals surface area contributed by atoms with Crippen molar-refractivity contribution in [1.82, 2.24) is 9.29 Å². The Hall–Kier alpha value is -2.95. The zero-order chi connectivity index (χ0) is 23.2. The Morgan fingerprint density at radius 2 is 1.56 bits per heavy atom. The Balaban J connectivity index is 1.73. The minimum atomic E-state index is -3.92. The molecule has 0 fully saturated rings. The summed E-state index contributed by atoms with van der Waals surface area (Å²) in [5, 5.41) is 0. The molecule has 0 unspecified atom stereocenters. The summed E-state index contributed by atoms with van der Waals surface area (Å²) in [6.45, 7) is 4.41. The lowest BCUT2D eigenvalue weighted by Crippen LogP contribution is -2.30. The largest absolute Gasteiger partial charge is 0.487 e. The number of benzene rings is 2. The van der Waals surface area contributed by atoms with E-state index < -0.39 is 20.0 Å². The predicted octanol–water partition coefficient (Wildman–Crippen LogP) is 3.49. The van der Waals surface area contributed by atoms with Crippen LogP contribution in [0.2, 0.25) is 0 Å². The van der Waals surface area contributed by atoms with Crippen molar-refractivity contribution in [2.24, 2.45) is 0 Å². The van der Waals surface area contributed by atoms with Crippen molar-refractivity contribution in [2.75, 3.05) is 17.8 Å². The summed E-state index contributed by atoms with van der Waals surface area (Å²) < 4.78 is 60.2. The van der Waals surface area contributed by atoms with Gasteiger partial charge in [0.1, 0.15) is 12.4 Å². The highest BCUT2D eigenvalue weighted by molar-refractivity contribution is 7.92. The predicted molar refractivity (Wildman–Crippen MR) is 122 cm³/mol. The maximum atomic E-state index is 12.8. The van der Waals surface area contributed by atoms with E-state index in [-0.39, 0.29) is 16.4 Å². The zero-order valence-electron chi connectivity index (χ0n) is 17.8. The van der Waals surface area contributed by atoms with E-state index in [0.29, 0.717) is 24.5 Å². The number of nitrogens with zero attached hydrogens (tertiary/aromatic N) is 2. The molecule has 3 aromatic rings. The average Bonchev–Trinajstić information content (AvgIpc) is 2.79. The van der Waals surface area contributed by atoms with Crippen LogP contribution in [0.5, 0.6) is 5.75 Å². The van der Waals surface area contributed by atoms with Gasteiger partial charge < -0.3 is 4.74 Å². The lowest BCUT2D eigenvalue weighted by atomic mass is 10.3. The summed E-state index contributed by atoms with van der Waals surface area (Å²) in [7, 11) is -7.58. The second-order valence-electron chi connectivity index (χ2n) is 6.80. The number of rotatable bonds is 10. The van der Waals surface area contributed by atoms with Gasteiger partial charge >= 0.3 is 0 Å². The molecule has 2 aromatic carbocycles. The molecule has 0 atom stereocenters. The lowest BCUT2D eigenvalue weighted by molar-refractivity contribution is 0.301. The van der Waals surface area contributed by atoms with Gasteiger partial charge in [-0.1, -0.05) is 26.0 Å². The van der Waals surface area contributed by atoms with Gasteiger partial charge in [-0.15, -0.1) is 0 Å². The summed E-state index contributed by atoms with van der Waals surface area (Å²) in [6.07, 6.45) is 1.67. The Labute approximate surface area is 189 Å². The number of anilines is 1. The van der Waals surface area contributed by atoms with Crippen LogP contribution in [0.4, 0.5) is 5.69 Å². The van der Waals surface area contributed by atoms with Gasteiger partial charge in [-0.05, 0) is 48.5 Å². The van der Waals surface area contributed by atoms with Gasteiger partial charge in [-0.25, -0.2) is 16.8 Å². The smallest absolute Gasteiger partial charge is 0.261 e. The normalized spacial score (nSPS) is 12.0. The molecule has 0 bridgehead atoms. The molecule has 1 aromatic heterocycles. The molecule has 0 saturated carbocycles. The van der Waals surface area contributed by atoms with Crippen molar-refractivity contribution in [3.63, 3.8) is 0 Å². The number of hydrogen-bond donors (Lipinski definition) is 1. The van der Waals surface area contributed by atoms with Crippen molar-refractivity contribution < 1.29 is 21.6 Å². The molecule has 0 spiro atoms. The van der Waals surface area contributed by atoms with Crippen LogP contribution in [0.25, 0.3) is 0 Å². The van der Waals surface area contributed by atoms with Crippen LogP contribution in [0.3, 0.4) is 0 Å². The molecule has 0 aliphatic rings. The van der Waals surface area contributed by atoms with E-state index in [1.807, 2.05) is 18.2 Å². The molecule has 8 nitrogen and oxygen atoms in total. The third kappa shape index (κ3) is 5.64. The molecule has 0 aliphatic carbocycles. The molecule has 0 saturated heterocycles. The highest BCUT2D eigenvalue weighted by Gasteiger charge is 2.23. The summed E-state index contributed by atoms with van der Waals surface area (Å²) >= 11 is 0. The number of aromatic nitrogens is 1. The molecule has 1 heterocycles. The van der Waals surface area contributed by atoms with Gasteiger partial charge in [0.05, 0.1) is 21.2 Å². The molecular formula is C22H25N3O5S2. The van der Waals surface area contributed by atoms with Crippen molar-refractivity contribution >= 4 is 25.7 Å². The van der Waals surface area contributed by atoms with Gasteiger partial charge in [0.15, 0.2) is 0 Å². The molecule has 0 radical (unpaired) electrons. The van der Waals surface area contributed by atoms with E-state index in [9.17, 15) is 16.8 Å². The Kier molecular flexibility index (Phi) is 7.49. The van der Waals surface area contributed by atoms with Crippen LogP contribution in [-0.2, 0) is 26.7 Å². The molecule has 10 heteroatoms. The van der Waals surface area contributed by atoms with E-state index in [4.69, 9.17) is 4.74 Å². The highest BCUT2D eigenvalue weighted by atomic mass is 32.2. The topological polar surface area (TPSA) is 106 Å². The van der Waals surface area contributed by atoms with Crippen LogP contribution in [0, 0.1) is 0 Å². The fraction of sp³-hybridized carbons (Fsp3) is 0.227. The fourth-order valence-electron chi connectivity index (χ4n) is 3.01. The lowest BCUT2D eigenvalue weighted by Gasteiger charge is -2.18. The quantitative estimate of drug-likeness (QED) is 0.481. The second-order valence-corrected chi connectivity index (χ2v) is 10.4. The molecule has 0 aliphatic heterocycles. The number of pyridine rings is 1. The summed E-state index contributed by atoms with van der Waals surface area (Å²) in [5.41, 5.74) is 1.07. The Morgan fingerprint density at radius 3 is 2.19 bits per heavy atom. The van der Waals surface area contributed by atoms with Crippen LogP contribution < -0.4 is 9.46 Å². The van der Waals surface area contributed by atoms with Crippen LogP contribution in [-0.4, -0.2) is 39.2 Å². The zero-order valence-corrected chi connectivity index (χ0v) is 19.4. The molecule has 0 amide bonds. The van der Waals surface area contributed by atoms with E-state index in [1.54, 1.807) is 44.3 Å². The first kappa shape index (κ1) is 23.7. The number of hydrogen-bond acceptors (Lipinski definition) is 6. The minimum Gasteiger partial charge on any atom is -0.487 e. The molecule has 3 rings (SSSR count). The SMILES string of the molecule is CCN(CC)S(=O)(=O)c1ccc(S(=O)(=O)Nc2cccc(OCc3ccccn3)c2)cc1. The second kappa shape index (κ2) is 10.1. The van der Waals surface area contributed by atoms with Crippen LogP contribution in [0.15, 0.2) is 82.7 Å². The maximum Gasteiger partial charge on any atom is 0.261 e. The number of ether oxygens (including phenoxy) is 1. The number of nitrogens with one attached hydrogen (secondary N) is 1. The standard InChI is InChI=1S/C22H25N3O5S2/c1-3-25(4-2)32(28,29)22-13-11-21(12-14-22)31(26,27)24-18-9-7-10-20(16-18)30-17-19-8-5-6-15-23-19/h5-16,24H,3-4,17H2,1-2H3. The first-order valence-corrected chi connectivity index (χ1v) is 12.9. The summed E-state index contributed by atoms with van der Waals surface area (Å²) in [5.74, 6) is 0.483. The minimum absolute atomic E-state index is 0.0456. The van der Waals surface area contributed by atoms with Crippen LogP contribution >= 0.6 is 0 Å². The third-order valence-corrected chi connectivity index (χ3v) is 8.14. The van der Waals surface area contributed by atoms with Gasteiger partial charge in [0, 0.05) is 25.4 Å². The average molecular weight is 476 g/mol. The van der Waals surface area contributed by atoms with Crippen molar-refractivity contribution in [1.29, 1.82) is 0 Å². The Bertz CT molecular complexity index is 1240. The van der Waals surface area contributed by atoms with Crippen LogP contribution in [0.1, 0.15) is 19.5 Å². The maximum absolute atomic E-state index is 12.8. The molecule has 1 N–H and O–H groups in total. The van der Waals surface area contributed by atoms with E-state index in [2.05, 4.69) is 9.71 Å². The number of sulfonamides is 2. The van der Waals surface area contributed by atoms with E-state index in [1.165, 1.54) is 28.6 Å². The molecule has 170 valence electrons. The fourth-order valence-corrected chi connectivity index (χ4v) is 5.52. The molecule has 32 heavy (non-hydrogen) atoms. The van der Waals surface area contributed by atoms with Crippen molar-refractivity contribution in [2.45, 2.75) is 30.2 Å². The van der Waals surface area contributed by atoms with Gasteiger partial charge in [-0.3, -0.25) is 9.71 Å². The van der Waals surface area contributed by atoms with Gasteiger partial charge in [0.25, 0.3) is 10.0 Å². The molecular weight excluding hydrogens is 450 g/mol. The monoisotopic (exact) mass is 475 g/mol. The first-order valence-electron chi connectivity index (χ1n) is 10.0. The highest BCUT2D eigenvalue weighted by Crippen LogP contribution is 2.23. The van der Waals surface area contributed by atoms with Gasteiger partial charge in [0.2, 0.25) is 10.0 Å². The Morgan fingerprint density at radius 1 is 0.875 bits per heavy atom. The first-order chi connectivity index (χ1) is 15.3. The van der Waals surface area contributed by atoms with E-state index >= 15 is 0 Å². The van der Waals surface area contributed by atoms with Crippen molar-refractivity contribution in [3.8, 4) is 5.75 Å². The third-order valence-electron chi connectivity index (χ3n) is 4.68.